The van der Waals surface area contributed by atoms with Gasteiger partial charge in [-0.25, -0.2) is 0 Å². The van der Waals surface area contributed by atoms with E-state index in [4.69, 9.17) is 0 Å². The Labute approximate surface area is 165 Å². The number of amides is 2. The van der Waals surface area contributed by atoms with E-state index in [-0.39, 0.29) is 16.6 Å². The number of carbonyl (C=O) groups is 2. The van der Waals surface area contributed by atoms with Gasteiger partial charge in [-0.1, -0.05) is 75.4 Å². The van der Waals surface area contributed by atoms with Crippen molar-refractivity contribution < 1.29 is 9.59 Å². The highest BCUT2D eigenvalue weighted by atomic mass is 32.2. The van der Waals surface area contributed by atoms with Crippen LogP contribution >= 0.6 is 11.8 Å². The second-order valence-corrected chi connectivity index (χ2v) is 8.79. The van der Waals surface area contributed by atoms with E-state index in [9.17, 15) is 9.59 Å². The number of hydrogen-bond donors (Lipinski definition) is 0. The highest BCUT2D eigenvalue weighted by Crippen LogP contribution is 2.32. The van der Waals surface area contributed by atoms with Crippen LogP contribution in [0.25, 0.3) is 6.08 Å². The summed E-state index contributed by atoms with van der Waals surface area (Å²) >= 11 is 1.03. The van der Waals surface area contributed by atoms with E-state index in [1.807, 2.05) is 36.4 Å². The molecule has 2 aromatic carbocycles. The van der Waals surface area contributed by atoms with Crippen LogP contribution < -0.4 is 0 Å². The third-order valence-electron chi connectivity index (χ3n) is 4.64. The van der Waals surface area contributed by atoms with Crippen molar-refractivity contribution >= 4 is 29.0 Å². The first-order valence-corrected chi connectivity index (χ1v) is 10.1. The van der Waals surface area contributed by atoms with Crippen molar-refractivity contribution in [1.82, 2.24) is 4.90 Å². The van der Waals surface area contributed by atoms with E-state index in [0.29, 0.717) is 11.4 Å². The lowest BCUT2D eigenvalue weighted by molar-refractivity contribution is -0.122. The zero-order chi connectivity index (χ0) is 19.4. The molecular weight excluding hydrogens is 354 g/mol. The maximum atomic E-state index is 12.6. The van der Waals surface area contributed by atoms with Gasteiger partial charge in [0.05, 0.1) is 4.91 Å². The van der Waals surface area contributed by atoms with Gasteiger partial charge < -0.3 is 0 Å². The van der Waals surface area contributed by atoms with E-state index in [2.05, 4.69) is 45.0 Å². The fourth-order valence-electron chi connectivity index (χ4n) is 3.01. The van der Waals surface area contributed by atoms with Crippen LogP contribution in [0.4, 0.5) is 4.79 Å². The molecule has 0 N–H and O–H groups in total. The third kappa shape index (κ3) is 4.89. The topological polar surface area (TPSA) is 37.4 Å². The summed E-state index contributed by atoms with van der Waals surface area (Å²) in [6, 6.07) is 18.3. The maximum absolute atomic E-state index is 12.6. The second-order valence-electron chi connectivity index (χ2n) is 7.79. The smallest absolute Gasteiger partial charge is 0.268 e. The average molecular weight is 380 g/mol. The number of nitrogens with zero attached hydrogens (tertiary/aromatic N) is 1. The predicted molar refractivity (Wildman–Crippen MR) is 113 cm³/mol. The summed E-state index contributed by atoms with van der Waals surface area (Å²) in [4.78, 5) is 26.7. The molecule has 0 radical (unpaired) electrons. The summed E-state index contributed by atoms with van der Waals surface area (Å²) in [6.45, 7) is 6.97. The fraction of sp³-hybridized carbons (Fsp3) is 0.304. The standard InChI is InChI=1S/C23H25NO2S/c1-23(2,3)19-13-11-18(12-14-19)16-20-21(25)24(22(26)27-20)15-7-10-17-8-5-4-6-9-17/h4-6,8-9,11-14,16H,7,10,15H2,1-3H3/b20-16+. The van der Waals surface area contributed by atoms with Gasteiger partial charge in [0.1, 0.15) is 0 Å². The Hall–Kier alpha value is -2.33. The first kappa shape index (κ1) is 19.4. The summed E-state index contributed by atoms with van der Waals surface area (Å²) in [7, 11) is 0. The monoisotopic (exact) mass is 379 g/mol. The van der Waals surface area contributed by atoms with Crippen molar-refractivity contribution in [3.8, 4) is 0 Å². The van der Waals surface area contributed by atoms with E-state index in [1.165, 1.54) is 16.0 Å². The van der Waals surface area contributed by atoms with E-state index in [0.717, 1.165) is 30.2 Å². The molecule has 1 aliphatic rings. The Bertz CT molecular complexity index is 848. The molecule has 0 bridgehead atoms. The SMILES string of the molecule is CC(C)(C)c1ccc(/C=C2/SC(=O)N(CCCc3ccccc3)C2=O)cc1. The number of imide groups is 1. The molecular formula is C23H25NO2S. The van der Waals surface area contributed by atoms with Gasteiger partial charge in [-0.05, 0) is 52.8 Å². The zero-order valence-corrected chi connectivity index (χ0v) is 16.9. The molecule has 1 heterocycles. The van der Waals surface area contributed by atoms with Crippen LogP contribution in [-0.2, 0) is 16.6 Å². The average Bonchev–Trinajstić information content (AvgIpc) is 2.90. The van der Waals surface area contributed by atoms with Crippen LogP contribution in [0.15, 0.2) is 59.5 Å². The van der Waals surface area contributed by atoms with Crippen molar-refractivity contribution in [2.75, 3.05) is 6.54 Å². The first-order valence-electron chi connectivity index (χ1n) is 9.24. The minimum absolute atomic E-state index is 0.0924. The molecule has 3 nitrogen and oxygen atoms in total. The quantitative estimate of drug-likeness (QED) is 0.630. The minimum atomic E-state index is -0.182. The van der Waals surface area contributed by atoms with Gasteiger partial charge in [0.15, 0.2) is 0 Å². The molecule has 0 saturated carbocycles. The van der Waals surface area contributed by atoms with Crippen molar-refractivity contribution in [2.24, 2.45) is 0 Å². The van der Waals surface area contributed by atoms with Gasteiger partial charge in [-0.2, -0.15) is 0 Å². The number of aryl methyl sites for hydroxylation is 1. The third-order valence-corrected chi connectivity index (χ3v) is 5.55. The van der Waals surface area contributed by atoms with Gasteiger partial charge >= 0.3 is 0 Å². The maximum Gasteiger partial charge on any atom is 0.293 e. The van der Waals surface area contributed by atoms with Crippen LogP contribution in [0, 0.1) is 0 Å². The summed E-state index contributed by atoms with van der Waals surface area (Å²) < 4.78 is 0. The number of thioether (sulfide) groups is 1. The van der Waals surface area contributed by atoms with E-state index < -0.39 is 0 Å². The fourth-order valence-corrected chi connectivity index (χ4v) is 3.87. The van der Waals surface area contributed by atoms with Crippen LogP contribution in [0.5, 0.6) is 0 Å². The van der Waals surface area contributed by atoms with Crippen LogP contribution in [0.2, 0.25) is 0 Å². The van der Waals surface area contributed by atoms with Gasteiger partial charge in [0, 0.05) is 6.54 Å². The summed E-state index contributed by atoms with van der Waals surface area (Å²) in [5.41, 5.74) is 3.50. The zero-order valence-electron chi connectivity index (χ0n) is 16.1. The molecule has 140 valence electrons. The van der Waals surface area contributed by atoms with Crippen molar-refractivity contribution in [3.05, 3.63) is 76.2 Å². The van der Waals surface area contributed by atoms with E-state index in [1.54, 1.807) is 0 Å². The number of hydrogen-bond acceptors (Lipinski definition) is 3. The van der Waals surface area contributed by atoms with Gasteiger partial charge in [0.25, 0.3) is 11.1 Å². The number of benzene rings is 2. The number of rotatable bonds is 5. The van der Waals surface area contributed by atoms with Crippen LogP contribution in [-0.4, -0.2) is 22.6 Å². The van der Waals surface area contributed by atoms with Crippen LogP contribution in [0.3, 0.4) is 0 Å². The predicted octanol–water partition coefficient (Wildman–Crippen LogP) is 5.65. The van der Waals surface area contributed by atoms with E-state index >= 15 is 0 Å². The van der Waals surface area contributed by atoms with Crippen molar-refractivity contribution in [3.63, 3.8) is 0 Å². The van der Waals surface area contributed by atoms with Gasteiger partial charge in [0.2, 0.25) is 0 Å². The van der Waals surface area contributed by atoms with Crippen LogP contribution in [0.1, 0.15) is 43.9 Å². The highest BCUT2D eigenvalue weighted by Gasteiger charge is 2.34. The minimum Gasteiger partial charge on any atom is -0.268 e. The Morgan fingerprint density at radius 2 is 1.63 bits per heavy atom. The largest absolute Gasteiger partial charge is 0.293 e. The molecule has 2 aromatic rings. The normalized spacial score (nSPS) is 16.4. The summed E-state index contributed by atoms with van der Waals surface area (Å²) in [5, 5.41) is -0.175. The van der Waals surface area contributed by atoms with Gasteiger partial charge in [-0.3, -0.25) is 14.5 Å². The lowest BCUT2D eigenvalue weighted by Crippen LogP contribution is -2.29. The Balaban J connectivity index is 1.63. The van der Waals surface area contributed by atoms with Crippen molar-refractivity contribution in [2.45, 2.75) is 39.0 Å². The Morgan fingerprint density at radius 3 is 2.26 bits per heavy atom. The molecule has 0 aliphatic carbocycles. The number of carbonyl (C=O) groups excluding carboxylic acids is 2. The molecule has 27 heavy (non-hydrogen) atoms. The van der Waals surface area contributed by atoms with Gasteiger partial charge in [-0.15, -0.1) is 0 Å². The molecule has 0 aromatic heterocycles. The lowest BCUT2D eigenvalue weighted by atomic mass is 9.87. The second kappa shape index (κ2) is 8.13. The molecule has 0 unspecified atom stereocenters. The molecule has 4 heteroatoms. The van der Waals surface area contributed by atoms with Crippen molar-refractivity contribution in [1.29, 1.82) is 0 Å². The lowest BCUT2D eigenvalue weighted by Gasteiger charge is -2.18. The highest BCUT2D eigenvalue weighted by molar-refractivity contribution is 8.18. The molecule has 3 rings (SSSR count). The molecule has 1 saturated heterocycles. The molecule has 2 amide bonds. The summed E-state index contributed by atoms with van der Waals surface area (Å²) in [5.74, 6) is -0.182. The molecule has 1 aliphatic heterocycles. The molecule has 0 atom stereocenters. The molecule has 1 fully saturated rings. The summed E-state index contributed by atoms with van der Waals surface area (Å²) in [6.07, 6.45) is 3.44. The first-order chi connectivity index (χ1) is 12.8. The Morgan fingerprint density at radius 1 is 0.963 bits per heavy atom. The molecule has 0 spiro atoms. The Kier molecular flexibility index (Phi) is 5.85.